The van der Waals surface area contributed by atoms with Crippen molar-refractivity contribution in [1.29, 1.82) is 0 Å². The summed E-state index contributed by atoms with van der Waals surface area (Å²) in [6, 6.07) is 0. The van der Waals surface area contributed by atoms with Gasteiger partial charge in [0.2, 0.25) is 0 Å². The summed E-state index contributed by atoms with van der Waals surface area (Å²) in [5.41, 5.74) is 0. The van der Waals surface area contributed by atoms with E-state index in [0.717, 1.165) is 0 Å². The Bertz CT molecular complexity index is 96.7. The van der Waals surface area contributed by atoms with E-state index in [9.17, 15) is 0 Å². The maximum absolute atomic E-state index is 5.36. The van der Waals surface area contributed by atoms with Crippen molar-refractivity contribution in [2.75, 3.05) is 41.4 Å². The molecule has 3 nitrogen and oxygen atoms in total. The minimum atomic E-state index is 0.330. The molecule has 0 rings (SSSR count). The van der Waals surface area contributed by atoms with Crippen molar-refractivity contribution in [3.8, 4) is 0 Å². The third kappa shape index (κ3) is 4.70. The Balaban J connectivity index is 3.64. The highest BCUT2D eigenvalue weighted by molar-refractivity contribution is 4.61. The molecule has 12 heavy (non-hydrogen) atoms. The van der Waals surface area contributed by atoms with Crippen LogP contribution in [0.4, 0.5) is 0 Å². The zero-order valence-corrected chi connectivity index (χ0v) is 8.58. The molecule has 0 aliphatic carbocycles. The van der Waals surface area contributed by atoms with Crippen LogP contribution < -0.4 is 0 Å². The Labute approximate surface area is 76.3 Å². The SMILES string of the molecule is [CH]CCOCC(N(C)C)N(C)C. The summed E-state index contributed by atoms with van der Waals surface area (Å²) in [4.78, 5) is 4.24. The van der Waals surface area contributed by atoms with Gasteiger partial charge in [0, 0.05) is 6.61 Å². The second-order valence-electron chi connectivity index (χ2n) is 3.27. The summed E-state index contributed by atoms with van der Waals surface area (Å²) >= 11 is 0. The number of rotatable bonds is 6. The van der Waals surface area contributed by atoms with E-state index in [-0.39, 0.29) is 0 Å². The first kappa shape index (κ1) is 11.9. The molecule has 0 aromatic carbocycles. The number of hydrogen-bond donors (Lipinski definition) is 0. The van der Waals surface area contributed by atoms with E-state index < -0.39 is 0 Å². The molecular weight excluding hydrogens is 152 g/mol. The highest BCUT2D eigenvalue weighted by Crippen LogP contribution is 1.97. The van der Waals surface area contributed by atoms with Gasteiger partial charge in [-0.1, -0.05) is 0 Å². The Morgan fingerprint density at radius 2 is 1.67 bits per heavy atom. The molecule has 3 heteroatoms. The van der Waals surface area contributed by atoms with Crippen LogP contribution in [0.1, 0.15) is 6.42 Å². The predicted octanol–water partition coefficient (Wildman–Crippen LogP) is 0.553. The van der Waals surface area contributed by atoms with Crippen LogP contribution in [-0.4, -0.2) is 57.4 Å². The highest BCUT2D eigenvalue weighted by atomic mass is 16.5. The molecule has 0 bridgehead atoms. The van der Waals surface area contributed by atoms with Gasteiger partial charge in [0.05, 0.1) is 12.8 Å². The third-order valence-electron chi connectivity index (χ3n) is 1.72. The van der Waals surface area contributed by atoms with Crippen molar-refractivity contribution in [3.63, 3.8) is 0 Å². The summed E-state index contributed by atoms with van der Waals surface area (Å²) in [6.45, 7) is 6.66. The van der Waals surface area contributed by atoms with E-state index in [2.05, 4.69) is 9.80 Å². The molecule has 0 aromatic rings. The van der Waals surface area contributed by atoms with E-state index in [4.69, 9.17) is 11.7 Å². The Morgan fingerprint density at radius 1 is 1.17 bits per heavy atom. The Morgan fingerprint density at radius 3 is 2.00 bits per heavy atom. The van der Waals surface area contributed by atoms with Crippen LogP contribution in [0.2, 0.25) is 0 Å². The van der Waals surface area contributed by atoms with Crippen molar-refractivity contribution in [1.82, 2.24) is 9.80 Å². The van der Waals surface area contributed by atoms with Crippen molar-refractivity contribution in [3.05, 3.63) is 6.92 Å². The van der Waals surface area contributed by atoms with Crippen LogP contribution in [0.25, 0.3) is 0 Å². The van der Waals surface area contributed by atoms with E-state index in [1.807, 2.05) is 28.2 Å². The third-order valence-corrected chi connectivity index (χ3v) is 1.72. The van der Waals surface area contributed by atoms with E-state index >= 15 is 0 Å². The first-order valence-electron chi connectivity index (χ1n) is 4.20. The van der Waals surface area contributed by atoms with Gasteiger partial charge in [0.25, 0.3) is 0 Å². The van der Waals surface area contributed by atoms with Crippen LogP contribution in [0.3, 0.4) is 0 Å². The first-order chi connectivity index (χ1) is 5.59. The summed E-state index contributed by atoms with van der Waals surface area (Å²) in [5.74, 6) is 0. The van der Waals surface area contributed by atoms with Crippen molar-refractivity contribution in [2.24, 2.45) is 0 Å². The quantitative estimate of drug-likeness (QED) is 0.430. The van der Waals surface area contributed by atoms with E-state index in [1.165, 1.54) is 0 Å². The Hall–Kier alpha value is -0.120. The minimum absolute atomic E-state index is 0.330. The van der Waals surface area contributed by atoms with Gasteiger partial charge >= 0.3 is 0 Å². The van der Waals surface area contributed by atoms with Gasteiger partial charge in [0.15, 0.2) is 0 Å². The molecule has 0 saturated carbocycles. The lowest BCUT2D eigenvalue weighted by molar-refractivity contribution is 0.0193. The molecule has 0 aliphatic heterocycles. The fraction of sp³-hybridized carbons (Fsp3) is 0.889. The summed E-state index contributed by atoms with van der Waals surface area (Å²) < 4.78 is 5.36. The second-order valence-corrected chi connectivity index (χ2v) is 3.27. The lowest BCUT2D eigenvalue weighted by Crippen LogP contribution is -2.44. The number of hydrogen-bond acceptors (Lipinski definition) is 3. The van der Waals surface area contributed by atoms with Gasteiger partial charge < -0.3 is 4.74 Å². The van der Waals surface area contributed by atoms with Crippen molar-refractivity contribution in [2.45, 2.75) is 12.6 Å². The van der Waals surface area contributed by atoms with Gasteiger partial charge in [-0.25, -0.2) is 0 Å². The topological polar surface area (TPSA) is 15.7 Å². The maximum Gasteiger partial charge on any atom is 0.0853 e. The average Bonchev–Trinajstić information content (AvgIpc) is 1.96. The van der Waals surface area contributed by atoms with Crippen molar-refractivity contribution < 1.29 is 4.74 Å². The van der Waals surface area contributed by atoms with Gasteiger partial charge in [0.1, 0.15) is 0 Å². The zero-order chi connectivity index (χ0) is 9.56. The molecule has 2 radical (unpaired) electrons. The second kappa shape index (κ2) is 6.40. The monoisotopic (exact) mass is 172 g/mol. The number of nitrogens with zero attached hydrogens (tertiary/aromatic N) is 2. The predicted molar refractivity (Wildman–Crippen MR) is 50.9 cm³/mol. The molecule has 0 aliphatic rings. The number of ether oxygens (including phenoxy) is 1. The summed E-state index contributed by atoms with van der Waals surface area (Å²) in [7, 11) is 8.15. The van der Waals surface area contributed by atoms with E-state index in [1.54, 1.807) is 0 Å². The van der Waals surface area contributed by atoms with Crippen LogP contribution >= 0.6 is 0 Å². The molecule has 0 heterocycles. The largest absolute Gasteiger partial charge is 0.378 e. The molecule has 0 fully saturated rings. The van der Waals surface area contributed by atoms with Crippen LogP contribution in [0.15, 0.2) is 0 Å². The van der Waals surface area contributed by atoms with Crippen LogP contribution in [-0.2, 0) is 4.74 Å². The molecule has 0 aromatic heterocycles. The molecule has 72 valence electrons. The van der Waals surface area contributed by atoms with Crippen LogP contribution in [0, 0.1) is 6.92 Å². The molecule has 0 N–H and O–H groups in total. The summed E-state index contributed by atoms with van der Waals surface area (Å²) in [5, 5.41) is 0. The molecular formula is C9H20N2O. The first-order valence-corrected chi connectivity index (χ1v) is 4.20. The average molecular weight is 172 g/mol. The zero-order valence-electron chi connectivity index (χ0n) is 8.58. The fourth-order valence-electron chi connectivity index (χ4n) is 1.03. The van der Waals surface area contributed by atoms with Gasteiger partial charge in [-0.3, -0.25) is 9.80 Å². The van der Waals surface area contributed by atoms with Gasteiger partial charge in [-0.2, -0.15) is 0 Å². The smallest absolute Gasteiger partial charge is 0.0853 e. The lowest BCUT2D eigenvalue weighted by atomic mass is 10.4. The molecule has 0 amide bonds. The molecule has 0 unspecified atom stereocenters. The normalized spacial score (nSPS) is 12.0. The fourth-order valence-corrected chi connectivity index (χ4v) is 1.03. The highest BCUT2D eigenvalue weighted by Gasteiger charge is 2.12. The minimum Gasteiger partial charge on any atom is -0.378 e. The van der Waals surface area contributed by atoms with Gasteiger partial charge in [-0.15, -0.1) is 0 Å². The molecule has 0 spiro atoms. The van der Waals surface area contributed by atoms with Crippen LogP contribution in [0.5, 0.6) is 0 Å². The van der Waals surface area contributed by atoms with Crippen molar-refractivity contribution >= 4 is 0 Å². The maximum atomic E-state index is 5.36. The lowest BCUT2D eigenvalue weighted by Gasteiger charge is -2.30. The standard InChI is InChI=1S/C9H20N2O/c1-6-7-12-8-9(10(2)3)11(4)5/h1,9H,6-8H2,2-5H3. The van der Waals surface area contributed by atoms with Gasteiger partial charge in [-0.05, 0) is 41.5 Å². The molecule has 0 atom stereocenters. The number of likely N-dealkylation sites (N-methyl/N-ethyl adjacent to an activating group) is 2. The summed E-state index contributed by atoms with van der Waals surface area (Å²) in [6.07, 6.45) is 0.921. The Kier molecular flexibility index (Phi) is 6.34. The van der Waals surface area contributed by atoms with E-state index in [0.29, 0.717) is 25.8 Å². The molecule has 0 saturated heterocycles.